The first kappa shape index (κ1) is 10.6. The maximum Gasteiger partial charge on any atom is 0.257 e. The first-order valence-corrected chi connectivity index (χ1v) is 6.48. The van der Waals surface area contributed by atoms with Crippen molar-refractivity contribution in [2.45, 2.75) is 5.88 Å². The Morgan fingerprint density at radius 3 is 2.71 bits per heavy atom. The number of hydrogen-bond donors (Lipinski definition) is 0. The van der Waals surface area contributed by atoms with Crippen LogP contribution in [0.5, 0.6) is 0 Å². The van der Waals surface area contributed by atoms with E-state index in [1.165, 1.54) is 11.3 Å². The molecular weight excluding hydrogens is 355 g/mol. The minimum Gasteiger partial charge on any atom is -0.419 e. The fourth-order valence-corrected chi connectivity index (χ4v) is 2.92. The molecule has 2 rings (SSSR count). The van der Waals surface area contributed by atoms with Crippen LogP contribution >= 0.6 is 54.8 Å². The van der Waals surface area contributed by atoms with E-state index in [2.05, 4.69) is 42.1 Å². The van der Waals surface area contributed by atoms with Gasteiger partial charge in [0.1, 0.15) is 5.88 Å². The van der Waals surface area contributed by atoms with Gasteiger partial charge in [-0.25, -0.2) is 0 Å². The first-order chi connectivity index (χ1) is 6.70. The average molecular weight is 358 g/mol. The minimum absolute atomic E-state index is 0.237. The molecule has 0 atom stereocenters. The zero-order chi connectivity index (χ0) is 10.1. The highest BCUT2D eigenvalue weighted by Crippen LogP contribution is 2.37. The van der Waals surface area contributed by atoms with Crippen LogP contribution < -0.4 is 0 Å². The summed E-state index contributed by atoms with van der Waals surface area (Å²) in [7, 11) is 0. The Labute approximate surface area is 106 Å². The van der Waals surface area contributed by atoms with Crippen LogP contribution in [0, 0.1) is 0 Å². The van der Waals surface area contributed by atoms with Gasteiger partial charge in [-0.3, -0.25) is 0 Å². The van der Waals surface area contributed by atoms with E-state index in [1.807, 2.05) is 6.07 Å². The molecule has 0 unspecified atom stereocenters. The van der Waals surface area contributed by atoms with Gasteiger partial charge in [0.15, 0.2) is 0 Å². The van der Waals surface area contributed by atoms with Crippen LogP contribution in [0.15, 0.2) is 18.7 Å². The van der Waals surface area contributed by atoms with Crippen molar-refractivity contribution in [2.75, 3.05) is 0 Å². The summed E-state index contributed by atoms with van der Waals surface area (Å²) in [5, 5.41) is 7.66. The molecule has 0 aliphatic carbocycles. The van der Waals surface area contributed by atoms with Crippen LogP contribution in [0.1, 0.15) is 5.89 Å². The summed E-state index contributed by atoms with van der Waals surface area (Å²) in [6.07, 6.45) is 0. The molecule has 0 saturated carbocycles. The molecule has 2 heterocycles. The Morgan fingerprint density at radius 1 is 1.43 bits per heavy atom. The lowest BCUT2D eigenvalue weighted by Crippen LogP contribution is -1.73. The Hall–Kier alpha value is 0.0900. The van der Waals surface area contributed by atoms with Gasteiger partial charge in [0.2, 0.25) is 5.89 Å². The van der Waals surface area contributed by atoms with E-state index < -0.39 is 0 Å². The predicted octanol–water partition coefficient (Wildman–Crippen LogP) is 4.06. The molecule has 2 aromatic heterocycles. The van der Waals surface area contributed by atoms with E-state index in [1.54, 1.807) is 0 Å². The standard InChI is InChI=1S/C7H3Br2ClN2OS/c8-3-1-4(14-6(3)9)7-12-11-5(2-10)13-7/h1H,2H2. The molecule has 0 bridgehead atoms. The lowest BCUT2D eigenvalue weighted by Gasteiger charge is -1.84. The van der Waals surface area contributed by atoms with Crippen molar-refractivity contribution in [1.29, 1.82) is 0 Å². The molecule has 0 saturated heterocycles. The van der Waals surface area contributed by atoms with Crippen molar-refractivity contribution >= 4 is 54.8 Å². The van der Waals surface area contributed by atoms with E-state index >= 15 is 0 Å². The molecule has 2 aromatic rings. The van der Waals surface area contributed by atoms with Crippen LogP contribution in [0.3, 0.4) is 0 Å². The van der Waals surface area contributed by atoms with Gasteiger partial charge >= 0.3 is 0 Å². The zero-order valence-electron chi connectivity index (χ0n) is 6.63. The molecule has 7 heteroatoms. The molecule has 14 heavy (non-hydrogen) atoms. The van der Waals surface area contributed by atoms with E-state index in [9.17, 15) is 0 Å². The van der Waals surface area contributed by atoms with E-state index in [-0.39, 0.29) is 5.88 Å². The quantitative estimate of drug-likeness (QED) is 0.760. The smallest absolute Gasteiger partial charge is 0.257 e. The lowest BCUT2D eigenvalue weighted by molar-refractivity contribution is 0.528. The van der Waals surface area contributed by atoms with E-state index in [4.69, 9.17) is 16.0 Å². The van der Waals surface area contributed by atoms with Crippen molar-refractivity contribution in [2.24, 2.45) is 0 Å². The molecule has 74 valence electrons. The molecule has 0 amide bonds. The number of halogens is 3. The summed E-state index contributed by atoms with van der Waals surface area (Å²) in [4.78, 5) is 0.910. The fourth-order valence-electron chi connectivity index (χ4n) is 0.859. The van der Waals surface area contributed by atoms with Crippen LogP contribution in [-0.2, 0) is 5.88 Å². The van der Waals surface area contributed by atoms with E-state index in [0.29, 0.717) is 11.8 Å². The van der Waals surface area contributed by atoms with Gasteiger partial charge in [0.25, 0.3) is 5.89 Å². The van der Waals surface area contributed by atoms with Gasteiger partial charge in [-0.2, -0.15) is 0 Å². The highest BCUT2D eigenvalue weighted by Gasteiger charge is 2.12. The monoisotopic (exact) mass is 356 g/mol. The van der Waals surface area contributed by atoms with Crippen molar-refractivity contribution in [1.82, 2.24) is 10.2 Å². The molecule has 0 radical (unpaired) electrons. The molecule has 0 aliphatic heterocycles. The van der Waals surface area contributed by atoms with Gasteiger partial charge in [-0.05, 0) is 37.9 Å². The lowest BCUT2D eigenvalue weighted by atomic mass is 10.5. The molecule has 0 aliphatic rings. The zero-order valence-corrected chi connectivity index (χ0v) is 11.4. The van der Waals surface area contributed by atoms with Gasteiger partial charge in [0.05, 0.1) is 8.66 Å². The number of hydrogen-bond acceptors (Lipinski definition) is 4. The Kier molecular flexibility index (Phi) is 3.26. The molecule has 0 N–H and O–H groups in total. The molecule has 0 spiro atoms. The first-order valence-electron chi connectivity index (χ1n) is 3.54. The third-order valence-electron chi connectivity index (χ3n) is 1.44. The predicted molar refractivity (Wildman–Crippen MR) is 62.6 cm³/mol. The third-order valence-corrected chi connectivity index (χ3v) is 4.91. The Bertz CT molecular complexity index is 437. The molecular formula is C7H3Br2ClN2OS. The molecule has 0 aromatic carbocycles. The largest absolute Gasteiger partial charge is 0.419 e. The topological polar surface area (TPSA) is 38.9 Å². The summed E-state index contributed by atoms with van der Waals surface area (Å²) < 4.78 is 7.28. The highest BCUT2D eigenvalue weighted by molar-refractivity contribution is 9.13. The normalized spacial score (nSPS) is 10.8. The maximum atomic E-state index is 5.55. The van der Waals surface area contributed by atoms with Crippen LogP contribution in [0.25, 0.3) is 10.8 Å². The second-order valence-corrected chi connectivity index (χ2v) is 5.86. The summed E-state index contributed by atoms with van der Waals surface area (Å²) in [5.41, 5.74) is 0. The van der Waals surface area contributed by atoms with E-state index in [0.717, 1.165) is 13.1 Å². The van der Waals surface area contributed by atoms with Gasteiger partial charge < -0.3 is 4.42 Å². The number of thiophene rings is 1. The Balaban J connectivity index is 2.39. The summed E-state index contributed by atoms with van der Waals surface area (Å²) in [6.45, 7) is 0. The second-order valence-electron chi connectivity index (χ2n) is 2.37. The second kappa shape index (κ2) is 4.30. The minimum atomic E-state index is 0.237. The van der Waals surface area contributed by atoms with Crippen LogP contribution in [-0.4, -0.2) is 10.2 Å². The third kappa shape index (κ3) is 2.03. The number of rotatable bonds is 2. The van der Waals surface area contributed by atoms with Gasteiger partial charge in [0, 0.05) is 4.47 Å². The highest BCUT2D eigenvalue weighted by atomic mass is 79.9. The van der Waals surface area contributed by atoms with Crippen molar-refractivity contribution in [3.8, 4) is 10.8 Å². The fraction of sp³-hybridized carbons (Fsp3) is 0.143. The average Bonchev–Trinajstić information content (AvgIpc) is 2.74. The van der Waals surface area contributed by atoms with Crippen molar-refractivity contribution < 1.29 is 4.42 Å². The number of aromatic nitrogens is 2. The number of alkyl halides is 1. The van der Waals surface area contributed by atoms with Crippen molar-refractivity contribution in [3.63, 3.8) is 0 Å². The summed E-state index contributed by atoms with van der Waals surface area (Å²) >= 11 is 13.9. The van der Waals surface area contributed by atoms with Gasteiger partial charge in [-0.1, -0.05) is 0 Å². The summed E-state index contributed by atoms with van der Waals surface area (Å²) in [6, 6.07) is 1.92. The SMILES string of the molecule is ClCc1nnc(-c2cc(Br)c(Br)s2)o1. The van der Waals surface area contributed by atoms with Crippen LogP contribution in [0.4, 0.5) is 0 Å². The van der Waals surface area contributed by atoms with Crippen LogP contribution in [0.2, 0.25) is 0 Å². The molecule has 0 fully saturated rings. The van der Waals surface area contributed by atoms with Gasteiger partial charge in [-0.15, -0.1) is 33.1 Å². The maximum absolute atomic E-state index is 5.55. The molecule has 3 nitrogen and oxygen atoms in total. The summed E-state index contributed by atoms with van der Waals surface area (Å²) in [5.74, 6) is 1.17. The Morgan fingerprint density at radius 2 is 2.21 bits per heavy atom. The number of nitrogens with zero attached hydrogens (tertiary/aromatic N) is 2. The van der Waals surface area contributed by atoms with Crippen molar-refractivity contribution in [3.05, 3.63) is 20.2 Å².